The zero-order valence-electron chi connectivity index (χ0n) is 5.43. The minimum absolute atomic E-state index is 0.0174. The van der Waals surface area contributed by atoms with Crippen LogP contribution in [0.15, 0.2) is 4.99 Å². The minimum Gasteiger partial charge on any atom is -0.452 e. The highest BCUT2D eigenvalue weighted by atomic mass is 16.7. The minimum atomic E-state index is -0.375. The van der Waals surface area contributed by atoms with Crippen molar-refractivity contribution in [3.8, 4) is 0 Å². The van der Waals surface area contributed by atoms with Crippen molar-refractivity contribution in [1.29, 1.82) is 0 Å². The van der Waals surface area contributed by atoms with Gasteiger partial charge in [-0.05, 0) is 0 Å². The Morgan fingerprint density at radius 1 is 1.60 bits per heavy atom. The molecule has 0 aliphatic carbocycles. The summed E-state index contributed by atoms with van der Waals surface area (Å²) in [5, 5.41) is 9.10. The van der Waals surface area contributed by atoms with E-state index in [9.17, 15) is 0 Å². The van der Waals surface area contributed by atoms with Gasteiger partial charge in [-0.2, -0.15) is 0 Å². The molecule has 1 saturated heterocycles. The Bertz CT molecular complexity index is 159. The molecule has 0 aromatic heterocycles. The molecule has 3 atom stereocenters. The molecular weight excluding hydrogens is 134 g/mol. The molecule has 10 heavy (non-hydrogen) atoms. The summed E-state index contributed by atoms with van der Waals surface area (Å²) in [6, 6.07) is 0.0174. The summed E-state index contributed by atoms with van der Waals surface area (Å²) in [7, 11) is 0. The predicted molar refractivity (Wildman–Crippen MR) is 33.7 cm³/mol. The average Bonchev–Trinajstić information content (AvgIpc) is 2.33. The van der Waals surface area contributed by atoms with Gasteiger partial charge >= 0.3 is 0 Å². The van der Waals surface area contributed by atoms with E-state index in [2.05, 4.69) is 4.99 Å². The van der Waals surface area contributed by atoms with E-state index in [1.54, 1.807) is 0 Å². The standard InChI is InChI=1S/C6H9NO3/c8-4-1-5-6(9-2-4)10-3-7-5/h3-6,8H,1-2H2. The number of rotatable bonds is 0. The Balaban J connectivity index is 2.01. The smallest absolute Gasteiger partial charge is 0.223 e. The monoisotopic (exact) mass is 143 g/mol. The third kappa shape index (κ3) is 0.892. The summed E-state index contributed by atoms with van der Waals surface area (Å²) in [6.45, 7) is 0.366. The molecule has 2 aliphatic heterocycles. The van der Waals surface area contributed by atoms with Gasteiger partial charge < -0.3 is 14.6 Å². The van der Waals surface area contributed by atoms with Gasteiger partial charge in [0.2, 0.25) is 6.29 Å². The van der Waals surface area contributed by atoms with Crippen LogP contribution in [0, 0.1) is 0 Å². The third-order valence-corrected chi connectivity index (χ3v) is 1.73. The fraction of sp³-hybridized carbons (Fsp3) is 0.833. The lowest BCUT2D eigenvalue weighted by Crippen LogP contribution is -2.38. The highest BCUT2D eigenvalue weighted by Gasteiger charge is 2.33. The number of fused-ring (bicyclic) bond motifs is 1. The molecule has 0 aromatic rings. The summed E-state index contributed by atoms with van der Waals surface area (Å²) in [6.07, 6.45) is 1.44. The van der Waals surface area contributed by atoms with Crippen LogP contribution in [0.5, 0.6) is 0 Å². The van der Waals surface area contributed by atoms with Crippen LogP contribution in [-0.2, 0) is 9.47 Å². The van der Waals surface area contributed by atoms with Gasteiger partial charge in [0.05, 0.1) is 12.7 Å². The molecule has 0 radical (unpaired) electrons. The van der Waals surface area contributed by atoms with Gasteiger partial charge in [-0.15, -0.1) is 0 Å². The molecule has 0 saturated carbocycles. The first-order valence-electron chi connectivity index (χ1n) is 3.33. The van der Waals surface area contributed by atoms with E-state index < -0.39 is 0 Å². The zero-order valence-corrected chi connectivity index (χ0v) is 5.43. The molecule has 0 amide bonds. The largest absolute Gasteiger partial charge is 0.452 e. The maximum Gasteiger partial charge on any atom is 0.223 e. The quantitative estimate of drug-likeness (QED) is 0.498. The highest BCUT2D eigenvalue weighted by Crippen LogP contribution is 2.21. The first kappa shape index (κ1) is 6.12. The van der Waals surface area contributed by atoms with Gasteiger partial charge in [-0.1, -0.05) is 0 Å². The van der Waals surface area contributed by atoms with Crippen molar-refractivity contribution in [3.63, 3.8) is 0 Å². The van der Waals surface area contributed by atoms with Crippen molar-refractivity contribution < 1.29 is 14.6 Å². The number of aliphatic imine (C=N–C) groups is 1. The number of aliphatic hydroxyl groups excluding tert-OH is 1. The summed E-state index contributed by atoms with van der Waals surface area (Å²) in [5.74, 6) is 0. The number of hydrogen-bond acceptors (Lipinski definition) is 4. The molecule has 56 valence electrons. The van der Waals surface area contributed by atoms with Crippen LogP contribution < -0.4 is 0 Å². The Morgan fingerprint density at radius 3 is 3.40 bits per heavy atom. The van der Waals surface area contributed by atoms with Gasteiger partial charge in [0.25, 0.3) is 0 Å². The molecule has 4 nitrogen and oxygen atoms in total. The van der Waals surface area contributed by atoms with Crippen LogP contribution in [0.25, 0.3) is 0 Å². The van der Waals surface area contributed by atoms with Crippen LogP contribution in [-0.4, -0.2) is 36.5 Å². The van der Waals surface area contributed by atoms with Gasteiger partial charge in [0.1, 0.15) is 6.04 Å². The summed E-state index contributed by atoms with van der Waals surface area (Å²) < 4.78 is 10.1. The number of nitrogens with zero attached hydrogens (tertiary/aromatic N) is 1. The van der Waals surface area contributed by atoms with Crippen molar-refractivity contribution in [2.45, 2.75) is 24.9 Å². The van der Waals surface area contributed by atoms with Crippen molar-refractivity contribution in [1.82, 2.24) is 0 Å². The van der Waals surface area contributed by atoms with Gasteiger partial charge in [0, 0.05) is 6.42 Å². The van der Waals surface area contributed by atoms with Crippen LogP contribution in [0.2, 0.25) is 0 Å². The van der Waals surface area contributed by atoms with E-state index in [0.29, 0.717) is 13.0 Å². The van der Waals surface area contributed by atoms with Crippen molar-refractivity contribution in [2.75, 3.05) is 6.61 Å². The molecule has 3 unspecified atom stereocenters. The molecule has 4 heteroatoms. The number of aliphatic hydroxyl groups is 1. The van der Waals surface area contributed by atoms with Crippen molar-refractivity contribution in [3.05, 3.63) is 0 Å². The maximum atomic E-state index is 9.10. The molecule has 0 bridgehead atoms. The molecule has 2 aliphatic rings. The van der Waals surface area contributed by atoms with Crippen LogP contribution in [0.3, 0.4) is 0 Å². The second-order valence-corrected chi connectivity index (χ2v) is 2.55. The van der Waals surface area contributed by atoms with Crippen LogP contribution >= 0.6 is 0 Å². The lowest BCUT2D eigenvalue weighted by atomic mass is 10.1. The number of ether oxygens (including phenoxy) is 2. The van der Waals surface area contributed by atoms with E-state index in [4.69, 9.17) is 14.6 Å². The summed E-state index contributed by atoms with van der Waals surface area (Å²) in [4.78, 5) is 3.98. The van der Waals surface area contributed by atoms with Crippen LogP contribution in [0.1, 0.15) is 6.42 Å². The molecule has 1 N–H and O–H groups in total. The first-order valence-corrected chi connectivity index (χ1v) is 3.33. The molecular formula is C6H9NO3. The second kappa shape index (κ2) is 2.21. The normalized spacial score (nSPS) is 44.7. The molecule has 2 rings (SSSR count). The Morgan fingerprint density at radius 2 is 2.50 bits per heavy atom. The van der Waals surface area contributed by atoms with Crippen molar-refractivity contribution in [2.24, 2.45) is 4.99 Å². The van der Waals surface area contributed by atoms with E-state index >= 15 is 0 Å². The Labute approximate surface area is 58.5 Å². The van der Waals surface area contributed by atoms with Crippen molar-refractivity contribution >= 4 is 6.40 Å². The Kier molecular flexibility index (Phi) is 1.35. The van der Waals surface area contributed by atoms with Gasteiger partial charge in [0.15, 0.2) is 6.40 Å². The topological polar surface area (TPSA) is 51.0 Å². The SMILES string of the molecule is OC1COC2OC=NC2C1. The molecule has 0 spiro atoms. The second-order valence-electron chi connectivity index (χ2n) is 2.55. The van der Waals surface area contributed by atoms with E-state index in [1.165, 1.54) is 6.40 Å². The highest BCUT2D eigenvalue weighted by molar-refractivity contribution is 5.49. The van der Waals surface area contributed by atoms with Crippen LogP contribution in [0.4, 0.5) is 0 Å². The molecule has 1 fully saturated rings. The van der Waals surface area contributed by atoms with Gasteiger partial charge in [-0.3, -0.25) is 0 Å². The lowest BCUT2D eigenvalue weighted by molar-refractivity contribution is -0.143. The zero-order chi connectivity index (χ0) is 6.97. The summed E-state index contributed by atoms with van der Waals surface area (Å²) >= 11 is 0. The fourth-order valence-corrected chi connectivity index (χ4v) is 1.21. The van der Waals surface area contributed by atoms with E-state index in [0.717, 1.165) is 0 Å². The predicted octanol–water partition coefficient (Wildman–Crippen LogP) is -0.479. The molecule has 0 aromatic carbocycles. The fourth-order valence-electron chi connectivity index (χ4n) is 1.21. The molecule has 2 heterocycles. The van der Waals surface area contributed by atoms with E-state index in [1.807, 2.05) is 0 Å². The van der Waals surface area contributed by atoms with Gasteiger partial charge in [-0.25, -0.2) is 4.99 Å². The maximum absolute atomic E-state index is 9.10. The lowest BCUT2D eigenvalue weighted by Gasteiger charge is -2.26. The van der Waals surface area contributed by atoms with E-state index in [-0.39, 0.29) is 18.4 Å². The summed E-state index contributed by atoms with van der Waals surface area (Å²) in [5.41, 5.74) is 0. The third-order valence-electron chi connectivity index (χ3n) is 1.73. The number of hydrogen-bond donors (Lipinski definition) is 1. The Hall–Kier alpha value is -0.610. The average molecular weight is 143 g/mol. The first-order chi connectivity index (χ1) is 4.86.